The molecule has 0 saturated carbocycles. The number of hydrogen-bond donors (Lipinski definition) is 2. The summed E-state index contributed by atoms with van der Waals surface area (Å²) in [6, 6.07) is 7.21. The maximum absolute atomic E-state index is 12.3. The maximum Gasteiger partial charge on any atom is 0.241 e. The standard InChI is InChI=1S/C16H23N3OS/c1-3-12-8-9-19(10-12)11(2)16(20)18-14-6-4-13(5-7-14)15(17)21/h4-7,11-12H,3,8-10H2,1-2H3,(H2,17,21)(H,18,20). The molecule has 0 aromatic heterocycles. The van der Waals surface area contributed by atoms with Crippen LogP contribution in [0.2, 0.25) is 0 Å². The van der Waals surface area contributed by atoms with Crippen molar-refractivity contribution in [3.63, 3.8) is 0 Å². The van der Waals surface area contributed by atoms with Crippen molar-refractivity contribution in [2.75, 3.05) is 18.4 Å². The zero-order chi connectivity index (χ0) is 15.4. The Morgan fingerprint density at radius 2 is 2.14 bits per heavy atom. The van der Waals surface area contributed by atoms with Crippen molar-refractivity contribution in [2.24, 2.45) is 11.7 Å². The van der Waals surface area contributed by atoms with Crippen LogP contribution in [0.5, 0.6) is 0 Å². The van der Waals surface area contributed by atoms with Crippen LogP contribution >= 0.6 is 12.2 Å². The predicted octanol–water partition coefficient (Wildman–Crippen LogP) is 2.38. The van der Waals surface area contributed by atoms with Crippen LogP contribution in [-0.2, 0) is 4.79 Å². The van der Waals surface area contributed by atoms with E-state index in [2.05, 4.69) is 17.1 Å². The molecule has 1 aliphatic heterocycles. The molecule has 0 aliphatic carbocycles. The molecule has 0 spiro atoms. The number of amides is 1. The summed E-state index contributed by atoms with van der Waals surface area (Å²) in [4.78, 5) is 14.9. The summed E-state index contributed by atoms with van der Waals surface area (Å²) in [6.45, 7) is 6.21. The van der Waals surface area contributed by atoms with Gasteiger partial charge in [0.05, 0.1) is 6.04 Å². The Hall–Kier alpha value is -1.46. The van der Waals surface area contributed by atoms with Gasteiger partial charge < -0.3 is 11.1 Å². The first-order valence-corrected chi connectivity index (χ1v) is 7.87. The van der Waals surface area contributed by atoms with Gasteiger partial charge in [-0.2, -0.15) is 0 Å². The summed E-state index contributed by atoms with van der Waals surface area (Å²) < 4.78 is 0. The number of likely N-dealkylation sites (tertiary alicyclic amines) is 1. The van der Waals surface area contributed by atoms with Gasteiger partial charge in [0, 0.05) is 17.8 Å². The van der Waals surface area contributed by atoms with Gasteiger partial charge in [0.1, 0.15) is 4.99 Å². The fraction of sp³-hybridized carbons (Fsp3) is 0.500. The molecular weight excluding hydrogens is 282 g/mol. The molecule has 21 heavy (non-hydrogen) atoms. The Kier molecular flexibility index (Phi) is 5.31. The van der Waals surface area contributed by atoms with Crippen molar-refractivity contribution in [1.29, 1.82) is 0 Å². The van der Waals surface area contributed by atoms with Gasteiger partial charge in [0.2, 0.25) is 5.91 Å². The summed E-state index contributed by atoms with van der Waals surface area (Å²) in [6.07, 6.45) is 2.38. The molecule has 2 atom stereocenters. The number of carbonyl (C=O) groups excluding carboxylic acids is 1. The second kappa shape index (κ2) is 7.00. The van der Waals surface area contributed by atoms with E-state index in [1.165, 1.54) is 12.8 Å². The predicted molar refractivity (Wildman–Crippen MR) is 90.4 cm³/mol. The monoisotopic (exact) mass is 305 g/mol. The number of nitrogens with two attached hydrogens (primary N) is 1. The first-order valence-electron chi connectivity index (χ1n) is 7.46. The highest BCUT2D eigenvalue weighted by molar-refractivity contribution is 7.80. The molecule has 1 saturated heterocycles. The third-order valence-corrected chi connectivity index (χ3v) is 4.49. The normalized spacial score (nSPS) is 20.2. The van der Waals surface area contributed by atoms with Crippen molar-refractivity contribution >= 4 is 28.8 Å². The van der Waals surface area contributed by atoms with E-state index in [9.17, 15) is 4.79 Å². The van der Waals surface area contributed by atoms with E-state index in [0.717, 1.165) is 30.3 Å². The molecule has 4 nitrogen and oxygen atoms in total. The van der Waals surface area contributed by atoms with E-state index < -0.39 is 0 Å². The van der Waals surface area contributed by atoms with Crippen LogP contribution in [0.15, 0.2) is 24.3 Å². The summed E-state index contributed by atoms with van der Waals surface area (Å²) in [5.41, 5.74) is 7.14. The smallest absolute Gasteiger partial charge is 0.241 e. The molecule has 0 bridgehead atoms. The Balaban J connectivity index is 1.93. The number of nitrogens with zero attached hydrogens (tertiary/aromatic N) is 1. The Bertz CT molecular complexity index is 515. The quantitative estimate of drug-likeness (QED) is 0.820. The molecule has 114 valence electrons. The van der Waals surface area contributed by atoms with Gasteiger partial charge in [0.25, 0.3) is 0 Å². The van der Waals surface area contributed by atoms with Crippen molar-refractivity contribution < 1.29 is 4.79 Å². The zero-order valence-electron chi connectivity index (χ0n) is 12.6. The number of carbonyl (C=O) groups is 1. The van der Waals surface area contributed by atoms with Crippen molar-refractivity contribution in [2.45, 2.75) is 32.7 Å². The van der Waals surface area contributed by atoms with Gasteiger partial charge in [-0.15, -0.1) is 0 Å². The molecule has 1 aromatic carbocycles. The van der Waals surface area contributed by atoms with E-state index >= 15 is 0 Å². The molecule has 1 aliphatic rings. The SMILES string of the molecule is CCC1CCN(C(C)C(=O)Nc2ccc(C(N)=S)cc2)C1. The Morgan fingerprint density at radius 3 is 2.67 bits per heavy atom. The highest BCUT2D eigenvalue weighted by Crippen LogP contribution is 2.21. The average Bonchev–Trinajstić information content (AvgIpc) is 2.95. The van der Waals surface area contributed by atoms with Crippen LogP contribution < -0.4 is 11.1 Å². The highest BCUT2D eigenvalue weighted by Gasteiger charge is 2.28. The molecule has 1 heterocycles. The van der Waals surface area contributed by atoms with E-state index in [1.54, 1.807) is 0 Å². The maximum atomic E-state index is 12.3. The van der Waals surface area contributed by atoms with Gasteiger partial charge in [-0.1, -0.05) is 25.6 Å². The third-order valence-electron chi connectivity index (χ3n) is 4.26. The third kappa shape index (κ3) is 4.02. The molecule has 1 fully saturated rings. The summed E-state index contributed by atoms with van der Waals surface area (Å²) in [7, 11) is 0. The second-order valence-electron chi connectivity index (χ2n) is 5.66. The summed E-state index contributed by atoms with van der Waals surface area (Å²) in [5, 5.41) is 2.95. The van der Waals surface area contributed by atoms with Gasteiger partial charge >= 0.3 is 0 Å². The number of anilines is 1. The number of rotatable bonds is 5. The van der Waals surface area contributed by atoms with Gasteiger partial charge in [-0.05, 0) is 50.1 Å². The van der Waals surface area contributed by atoms with Crippen LogP contribution in [0.3, 0.4) is 0 Å². The van der Waals surface area contributed by atoms with E-state index in [4.69, 9.17) is 18.0 Å². The van der Waals surface area contributed by atoms with Crippen LogP contribution in [0.1, 0.15) is 32.3 Å². The zero-order valence-corrected chi connectivity index (χ0v) is 13.5. The first-order chi connectivity index (χ1) is 10.0. The number of benzene rings is 1. The van der Waals surface area contributed by atoms with E-state index in [1.807, 2.05) is 31.2 Å². The molecular formula is C16H23N3OS. The number of thiocarbonyl (C=S) groups is 1. The minimum absolute atomic E-state index is 0.0369. The Morgan fingerprint density at radius 1 is 1.48 bits per heavy atom. The van der Waals surface area contributed by atoms with E-state index in [0.29, 0.717) is 4.99 Å². The molecule has 2 unspecified atom stereocenters. The van der Waals surface area contributed by atoms with Crippen molar-refractivity contribution in [3.8, 4) is 0 Å². The average molecular weight is 305 g/mol. The van der Waals surface area contributed by atoms with Crippen LogP contribution in [0, 0.1) is 5.92 Å². The topological polar surface area (TPSA) is 58.4 Å². The van der Waals surface area contributed by atoms with Gasteiger partial charge in [-0.25, -0.2) is 0 Å². The number of nitrogens with one attached hydrogen (secondary N) is 1. The lowest BCUT2D eigenvalue weighted by molar-refractivity contribution is -0.120. The van der Waals surface area contributed by atoms with E-state index in [-0.39, 0.29) is 11.9 Å². The highest BCUT2D eigenvalue weighted by atomic mass is 32.1. The molecule has 2 rings (SSSR count). The lowest BCUT2D eigenvalue weighted by atomic mass is 10.1. The minimum Gasteiger partial charge on any atom is -0.389 e. The minimum atomic E-state index is -0.100. The number of hydrogen-bond acceptors (Lipinski definition) is 3. The van der Waals surface area contributed by atoms with Crippen LogP contribution in [-0.4, -0.2) is 34.9 Å². The lowest BCUT2D eigenvalue weighted by Crippen LogP contribution is -2.40. The fourth-order valence-electron chi connectivity index (χ4n) is 2.68. The van der Waals surface area contributed by atoms with Crippen molar-refractivity contribution in [3.05, 3.63) is 29.8 Å². The molecule has 0 radical (unpaired) electrons. The molecule has 3 N–H and O–H groups in total. The van der Waals surface area contributed by atoms with Gasteiger partial charge in [0.15, 0.2) is 0 Å². The second-order valence-corrected chi connectivity index (χ2v) is 6.10. The summed E-state index contributed by atoms with van der Waals surface area (Å²) in [5.74, 6) is 0.764. The summed E-state index contributed by atoms with van der Waals surface area (Å²) >= 11 is 4.91. The van der Waals surface area contributed by atoms with Gasteiger partial charge in [-0.3, -0.25) is 9.69 Å². The van der Waals surface area contributed by atoms with Crippen molar-refractivity contribution in [1.82, 2.24) is 4.90 Å². The molecule has 1 amide bonds. The molecule has 1 aromatic rings. The lowest BCUT2D eigenvalue weighted by Gasteiger charge is -2.23. The van der Waals surface area contributed by atoms with Crippen LogP contribution in [0.25, 0.3) is 0 Å². The Labute approximate surface area is 131 Å². The molecule has 5 heteroatoms. The fourth-order valence-corrected chi connectivity index (χ4v) is 2.81. The van der Waals surface area contributed by atoms with Crippen LogP contribution in [0.4, 0.5) is 5.69 Å². The first kappa shape index (κ1) is 15.9. The largest absolute Gasteiger partial charge is 0.389 e.